The molecule has 0 N–H and O–H groups in total. The Morgan fingerprint density at radius 2 is 1.87 bits per heavy atom. The van der Waals surface area contributed by atoms with Gasteiger partial charge < -0.3 is 4.90 Å². The quantitative estimate of drug-likeness (QED) is 0.606. The Hall–Kier alpha value is -1.36. The molecule has 1 aromatic carbocycles. The lowest BCUT2D eigenvalue weighted by Crippen LogP contribution is -2.25. The first-order valence-corrected chi connectivity index (χ1v) is 8.97. The number of hydrogen-bond donors (Lipinski definition) is 0. The Kier molecular flexibility index (Phi) is 9.60. The van der Waals surface area contributed by atoms with Gasteiger partial charge in [-0.1, -0.05) is 61.2 Å². The van der Waals surface area contributed by atoms with Crippen molar-refractivity contribution < 1.29 is 3.89 Å². The van der Waals surface area contributed by atoms with E-state index < -0.39 is 0 Å². The van der Waals surface area contributed by atoms with Crippen LogP contribution in [0.15, 0.2) is 65.9 Å². The predicted molar refractivity (Wildman–Crippen MR) is 103 cm³/mol. The molecular formula is C19H24FNS2. The van der Waals surface area contributed by atoms with Crippen molar-refractivity contribution in [1.82, 2.24) is 4.90 Å². The third-order valence-electron chi connectivity index (χ3n) is 3.22. The first kappa shape index (κ1) is 19.7. The summed E-state index contributed by atoms with van der Waals surface area (Å²) in [5.74, 6) is 0. The van der Waals surface area contributed by atoms with Crippen molar-refractivity contribution in [3.05, 3.63) is 77.7 Å². The highest BCUT2D eigenvalue weighted by Crippen LogP contribution is 2.34. The van der Waals surface area contributed by atoms with Crippen LogP contribution >= 0.6 is 23.5 Å². The molecule has 0 spiro atoms. The molecule has 0 radical (unpaired) electrons. The molecule has 0 atom stereocenters. The summed E-state index contributed by atoms with van der Waals surface area (Å²) in [7, 11) is 2.10. The Bertz CT molecular complexity index is 587. The number of hydrogen-bond acceptors (Lipinski definition) is 3. The van der Waals surface area contributed by atoms with Crippen molar-refractivity contribution in [2.75, 3.05) is 13.6 Å². The molecule has 0 fully saturated rings. The van der Waals surface area contributed by atoms with Crippen molar-refractivity contribution in [2.24, 2.45) is 0 Å². The second kappa shape index (κ2) is 11.2. The van der Waals surface area contributed by atoms with Gasteiger partial charge in [-0.05, 0) is 32.0 Å². The number of aryl methyl sites for hydroxylation is 1. The van der Waals surface area contributed by atoms with E-state index in [9.17, 15) is 3.89 Å². The molecule has 1 aliphatic heterocycles. The average Bonchev–Trinajstić information content (AvgIpc) is 2.98. The number of allylic oxidation sites excluding steroid dienone is 2. The molecule has 2 aromatic rings. The van der Waals surface area contributed by atoms with E-state index >= 15 is 0 Å². The minimum atomic E-state index is 0.364. The van der Waals surface area contributed by atoms with Crippen LogP contribution < -0.4 is 0 Å². The largest absolute Gasteiger partial charge is 0.302 e. The van der Waals surface area contributed by atoms with E-state index in [-0.39, 0.29) is 0 Å². The summed E-state index contributed by atoms with van der Waals surface area (Å²) in [6.45, 7) is 10.9. The van der Waals surface area contributed by atoms with E-state index in [1.54, 1.807) is 23.5 Å². The van der Waals surface area contributed by atoms with Crippen molar-refractivity contribution in [3.8, 4) is 0 Å². The second-order valence-corrected chi connectivity index (χ2v) is 7.19. The highest BCUT2D eigenvalue weighted by Gasteiger charge is 2.16. The van der Waals surface area contributed by atoms with Gasteiger partial charge in [-0.25, -0.2) is 0 Å². The van der Waals surface area contributed by atoms with Crippen LogP contribution in [0.5, 0.6) is 0 Å². The molecule has 0 amide bonds. The van der Waals surface area contributed by atoms with Gasteiger partial charge in [-0.15, -0.1) is 11.3 Å². The molecular weight excluding hydrogens is 325 g/mol. The average molecular weight is 350 g/mol. The van der Waals surface area contributed by atoms with Crippen molar-refractivity contribution in [3.63, 3.8) is 0 Å². The van der Waals surface area contributed by atoms with Gasteiger partial charge >= 0.3 is 0 Å². The molecule has 0 bridgehead atoms. The predicted octanol–water partition coefficient (Wildman–Crippen LogP) is 6.07. The molecule has 0 saturated carbocycles. The van der Waals surface area contributed by atoms with E-state index in [2.05, 4.69) is 44.2 Å². The lowest BCUT2D eigenvalue weighted by atomic mass is 10.1. The van der Waals surface area contributed by atoms with Crippen LogP contribution in [-0.2, 0) is 13.0 Å². The second-order valence-electron chi connectivity index (χ2n) is 5.20. The molecule has 0 unspecified atom stereocenters. The summed E-state index contributed by atoms with van der Waals surface area (Å²) in [5, 5.41) is 0. The topological polar surface area (TPSA) is 3.24 Å². The molecule has 1 nitrogen and oxygen atoms in total. The Morgan fingerprint density at radius 1 is 1.22 bits per heavy atom. The lowest BCUT2D eigenvalue weighted by Gasteiger charge is -2.21. The molecule has 23 heavy (non-hydrogen) atoms. The molecule has 3 rings (SSSR count). The standard InChI is InChI=1S/C8H10FNS2.C7H8.C4H6/c1-10-3-2-7-6(5-10)4-8(11-7)12-9;1-7-5-3-2-4-6-7;1-3-4-2/h4H,2-3,5H2,1H3;2-6H,1H3;3-4H,1-2H2. The maximum atomic E-state index is 12.2. The number of rotatable bonds is 2. The van der Waals surface area contributed by atoms with Crippen molar-refractivity contribution >= 4 is 23.5 Å². The number of thiophene rings is 1. The highest BCUT2D eigenvalue weighted by molar-refractivity contribution is 7.96. The molecule has 0 saturated heterocycles. The Morgan fingerprint density at radius 3 is 2.35 bits per heavy atom. The van der Waals surface area contributed by atoms with Gasteiger partial charge in [0.1, 0.15) is 0 Å². The van der Waals surface area contributed by atoms with Crippen LogP contribution in [0.2, 0.25) is 0 Å². The maximum Gasteiger partial charge on any atom is 0.0936 e. The Labute approximate surface area is 147 Å². The van der Waals surface area contributed by atoms with Crippen LogP contribution in [0.1, 0.15) is 16.0 Å². The third-order valence-corrected chi connectivity index (χ3v) is 4.96. The van der Waals surface area contributed by atoms with Crippen LogP contribution in [-0.4, -0.2) is 18.5 Å². The lowest BCUT2D eigenvalue weighted by molar-refractivity contribution is 0.315. The fourth-order valence-corrected chi connectivity index (χ4v) is 3.53. The molecule has 1 aliphatic rings. The van der Waals surface area contributed by atoms with Gasteiger partial charge in [-0.3, -0.25) is 0 Å². The monoisotopic (exact) mass is 349 g/mol. The van der Waals surface area contributed by atoms with Crippen LogP contribution in [0.4, 0.5) is 3.89 Å². The van der Waals surface area contributed by atoms with Gasteiger partial charge in [0.05, 0.1) is 16.4 Å². The number of halogens is 1. The summed E-state index contributed by atoms with van der Waals surface area (Å²) >= 11 is 1.96. The van der Waals surface area contributed by atoms with E-state index in [4.69, 9.17) is 0 Å². The number of benzene rings is 1. The van der Waals surface area contributed by atoms with E-state index in [1.165, 1.54) is 16.0 Å². The van der Waals surface area contributed by atoms with E-state index in [0.717, 1.165) is 23.7 Å². The SMILES string of the molecule is C=CC=C.CN1CCc2sc(SF)cc2C1.Cc1ccccc1. The van der Waals surface area contributed by atoms with Gasteiger partial charge in [0.25, 0.3) is 0 Å². The first-order chi connectivity index (χ1) is 11.1. The smallest absolute Gasteiger partial charge is 0.0936 e. The maximum absolute atomic E-state index is 12.2. The van der Waals surface area contributed by atoms with E-state index in [1.807, 2.05) is 24.3 Å². The highest BCUT2D eigenvalue weighted by atomic mass is 32.2. The number of likely N-dealkylation sites (N-methyl/N-ethyl adjacent to an activating group) is 1. The summed E-state index contributed by atoms with van der Waals surface area (Å²) in [6, 6.07) is 12.2. The minimum Gasteiger partial charge on any atom is -0.302 e. The molecule has 0 aliphatic carbocycles. The van der Waals surface area contributed by atoms with Crippen LogP contribution in [0.25, 0.3) is 0 Å². The van der Waals surface area contributed by atoms with Crippen molar-refractivity contribution in [1.29, 1.82) is 0 Å². The summed E-state index contributed by atoms with van der Waals surface area (Å²) < 4.78 is 13.0. The molecule has 4 heteroatoms. The minimum absolute atomic E-state index is 0.364. The zero-order valence-electron chi connectivity index (χ0n) is 13.8. The Balaban J connectivity index is 0.000000204. The number of fused-ring (bicyclic) bond motifs is 1. The van der Waals surface area contributed by atoms with Gasteiger partial charge in [0.2, 0.25) is 0 Å². The van der Waals surface area contributed by atoms with Crippen LogP contribution in [0, 0.1) is 6.92 Å². The normalized spacial score (nSPS) is 12.8. The fourth-order valence-electron chi connectivity index (χ4n) is 2.02. The van der Waals surface area contributed by atoms with Crippen LogP contribution in [0.3, 0.4) is 0 Å². The first-order valence-electron chi connectivity index (χ1n) is 7.44. The van der Waals surface area contributed by atoms with Gasteiger partial charge in [0, 0.05) is 18.0 Å². The number of nitrogens with zero attached hydrogens (tertiary/aromatic N) is 1. The van der Waals surface area contributed by atoms with Crippen molar-refractivity contribution in [2.45, 2.75) is 24.1 Å². The summed E-state index contributed by atoms with van der Waals surface area (Å²) in [4.78, 5) is 3.63. The van der Waals surface area contributed by atoms with Gasteiger partial charge in [-0.2, -0.15) is 3.89 Å². The van der Waals surface area contributed by atoms with E-state index in [0.29, 0.717) is 12.1 Å². The molecule has 1 aromatic heterocycles. The fraction of sp³-hybridized carbons (Fsp3) is 0.263. The summed E-state index contributed by atoms with van der Waals surface area (Å²) in [6.07, 6.45) is 4.36. The third kappa shape index (κ3) is 7.64. The molecule has 2 heterocycles. The summed E-state index contributed by atoms with van der Waals surface area (Å²) in [5.41, 5.74) is 2.64. The zero-order chi connectivity index (χ0) is 17.1. The zero-order valence-corrected chi connectivity index (χ0v) is 15.4. The molecule has 124 valence electrons. The van der Waals surface area contributed by atoms with Gasteiger partial charge in [0.15, 0.2) is 0 Å².